The molecule has 8 heteroatoms. The standard InChI is InChI=1S/C18H21F2N3OS.ClH/c1-21-8-5-12-6-9-23(10-7-12)18(24)15-11-25-17(22-15)16-13(19)3-2-4-14(16)20;/h2-4,11-12,21H,5-10H2,1H3;1H. The van der Waals surface area contributed by atoms with Crippen LogP contribution in [0.4, 0.5) is 8.78 Å². The minimum Gasteiger partial charge on any atom is -0.337 e. The van der Waals surface area contributed by atoms with Gasteiger partial charge in [-0.1, -0.05) is 6.07 Å². The van der Waals surface area contributed by atoms with Crippen LogP contribution >= 0.6 is 23.7 Å². The van der Waals surface area contributed by atoms with Crippen LogP contribution in [-0.4, -0.2) is 42.5 Å². The zero-order valence-electron chi connectivity index (χ0n) is 14.5. The molecule has 1 aromatic heterocycles. The first-order valence-corrected chi connectivity index (χ1v) is 9.32. The number of carbonyl (C=O) groups is 1. The number of nitrogens with zero attached hydrogens (tertiary/aromatic N) is 2. The third kappa shape index (κ3) is 4.58. The van der Waals surface area contributed by atoms with Gasteiger partial charge in [0.15, 0.2) is 0 Å². The first kappa shape index (κ1) is 20.7. The summed E-state index contributed by atoms with van der Waals surface area (Å²) in [6.45, 7) is 2.39. The number of benzene rings is 1. The Morgan fingerprint density at radius 3 is 2.58 bits per heavy atom. The fourth-order valence-corrected chi connectivity index (χ4v) is 3.96. The molecule has 1 N–H and O–H groups in total. The molecule has 1 saturated heterocycles. The molecule has 4 nitrogen and oxygen atoms in total. The molecular formula is C18H22ClF2N3OS. The second-order valence-corrected chi connectivity index (χ2v) is 7.12. The summed E-state index contributed by atoms with van der Waals surface area (Å²) >= 11 is 1.09. The summed E-state index contributed by atoms with van der Waals surface area (Å²) in [5, 5.41) is 4.93. The van der Waals surface area contributed by atoms with Crippen molar-refractivity contribution in [3.63, 3.8) is 0 Å². The van der Waals surface area contributed by atoms with Crippen LogP contribution in [0.5, 0.6) is 0 Å². The predicted octanol–water partition coefficient (Wildman–Crippen LogP) is 3.97. The molecule has 0 aliphatic carbocycles. The summed E-state index contributed by atoms with van der Waals surface area (Å²) < 4.78 is 27.7. The molecule has 1 amide bonds. The van der Waals surface area contributed by atoms with E-state index in [1.165, 1.54) is 18.2 Å². The molecule has 3 rings (SSSR count). The van der Waals surface area contributed by atoms with Crippen molar-refractivity contribution in [1.29, 1.82) is 0 Å². The summed E-state index contributed by atoms with van der Waals surface area (Å²) in [6.07, 6.45) is 3.07. The first-order chi connectivity index (χ1) is 12.1. The van der Waals surface area contributed by atoms with Gasteiger partial charge in [0.25, 0.3) is 5.91 Å². The van der Waals surface area contributed by atoms with Crippen molar-refractivity contribution >= 4 is 29.7 Å². The zero-order chi connectivity index (χ0) is 17.8. The van der Waals surface area contributed by atoms with Crippen molar-refractivity contribution in [2.45, 2.75) is 19.3 Å². The van der Waals surface area contributed by atoms with Gasteiger partial charge >= 0.3 is 0 Å². The Morgan fingerprint density at radius 2 is 1.96 bits per heavy atom. The quantitative estimate of drug-likeness (QED) is 0.824. The van der Waals surface area contributed by atoms with Gasteiger partial charge in [0, 0.05) is 18.5 Å². The molecule has 26 heavy (non-hydrogen) atoms. The van der Waals surface area contributed by atoms with E-state index in [0.29, 0.717) is 19.0 Å². The van der Waals surface area contributed by atoms with Crippen molar-refractivity contribution < 1.29 is 13.6 Å². The van der Waals surface area contributed by atoms with Crippen molar-refractivity contribution in [3.8, 4) is 10.6 Å². The minimum absolute atomic E-state index is 0. The van der Waals surface area contributed by atoms with Crippen LogP contribution in [0.15, 0.2) is 23.6 Å². The van der Waals surface area contributed by atoms with Gasteiger partial charge in [-0.25, -0.2) is 13.8 Å². The van der Waals surface area contributed by atoms with Crippen LogP contribution in [0.1, 0.15) is 29.8 Å². The monoisotopic (exact) mass is 401 g/mol. The topological polar surface area (TPSA) is 45.2 Å². The average molecular weight is 402 g/mol. The van der Waals surface area contributed by atoms with Gasteiger partial charge in [-0.3, -0.25) is 4.79 Å². The lowest BCUT2D eigenvalue weighted by Crippen LogP contribution is -2.39. The van der Waals surface area contributed by atoms with Gasteiger partial charge in [-0.2, -0.15) is 0 Å². The van der Waals surface area contributed by atoms with Gasteiger partial charge in [-0.15, -0.1) is 23.7 Å². The van der Waals surface area contributed by atoms with Crippen molar-refractivity contribution in [3.05, 3.63) is 40.9 Å². The highest BCUT2D eigenvalue weighted by atomic mass is 35.5. The van der Waals surface area contributed by atoms with E-state index in [1.54, 1.807) is 10.3 Å². The van der Waals surface area contributed by atoms with Gasteiger partial charge in [0.05, 0.1) is 5.56 Å². The van der Waals surface area contributed by atoms with Gasteiger partial charge in [-0.05, 0) is 50.9 Å². The Labute approximate surface area is 162 Å². The largest absolute Gasteiger partial charge is 0.337 e. The number of hydrogen-bond donors (Lipinski definition) is 1. The molecule has 0 atom stereocenters. The number of rotatable bonds is 5. The number of piperidine rings is 1. The van der Waals surface area contributed by atoms with E-state index < -0.39 is 11.6 Å². The number of likely N-dealkylation sites (tertiary alicyclic amines) is 1. The molecule has 0 spiro atoms. The highest BCUT2D eigenvalue weighted by Crippen LogP contribution is 2.30. The van der Waals surface area contributed by atoms with E-state index in [4.69, 9.17) is 0 Å². The highest BCUT2D eigenvalue weighted by molar-refractivity contribution is 7.13. The molecule has 1 fully saturated rings. The normalized spacial score (nSPS) is 15.0. The van der Waals surface area contributed by atoms with Crippen LogP contribution in [0.3, 0.4) is 0 Å². The minimum atomic E-state index is -0.668. The maximum atomic E-state index is 13.9. The molecule has 1 aromatic carbocycles. The second kappa shape index (κ2) is 9.39. The number of thiazole rings is 1. The number of halogens is 3. The Balaban J connectivity index is 0.00000243. The van der Waals surface area contributed by atoms with Crippen molar-refractivity contribution in [2.24, 2.45) is 5.92 Å². The summed E-state index contributed by atoms with van der Waals surface area (Å²) in [4.78, 5) is 18.6. The summed E-state index contributed by atoms with van der Waals surface area (Å²) in [7, 11) is 1.94. The van der Waals surface area contributed by atoms with E-state index in [9.17, 15) is 13.6 Å². The van der Waals surface area contributed by atoms with Crippen molar-refractivity contribution in [1.82, 2.24) is 15.2 Å². The van der Waals surface area contributed by atoms with E-state index >= 15 is 0 Å². The fourth-order valence-electron chi connectivity index (χ4n) is 3.12. The van der Waals surface area contributed by atoms with Gasteiger partial charge < -0.3 is 10.2 Å². The van der Waals surface area contributed by atoms with Crippen LogP contribution in [-0.2, 0) is 0 Å². The predicted molar refractivity (Wildman–Crippen MR) is 102 cm³/mol. The highest BCUT2D eigenvalue weighted by Gasteiger charge is 2.25. The van der Waals surface area contributed by atoms with Gasteiger partial charge in [0.2, 0.25) is 0 Å². The molecule has 0 saturated carbocycles. The lowest BCUT2D eigenvalue weighted by Gasteiger charge is -2.31. The molecule has 2 heterocycles. The second-order valence-electron chi connectivity index (χ2n) is 6.26. The summed E-state index contributed by atoms with van der Waals surface area (Å²) in [6, 6.07) is 3.69. The number of nitrogens with one attached hydrogen (secondary N) is 1. The molecular weight excluding hydrogens is 380 g/mol. The molecule has 2 aromatic rings. The number of hydrogen-bond acceptors (Lipinski definition) is 4. The SMILES string of the molecule is CNCCC1CCN(C(=O)c2csc(-c3c(F)cccc3F)n2)CC1.Cl. The van der Waals surface area contributed by atoms with E-state index in [1.807, 2.05) is 7.05 Å². The third-order valence-corrected chi connectivity index (χ3v) is 5.46. The zero-order valence-corrected chi connectivity index (χ0v) is 16.1. The molecule has 1 aliphatic heterocycles. The Morgan fingerprint density at radius 1 is 1.31 bits per heavy atom. The van der Waals surface area contributed by atoms with E-state index in [-0.39, 0.29) is 34.6 Å². The Bertz CT molecular complexity index is 728. The summed E-state index contributed by atoms with van der Waals surface area (Å²) in [5.74, 6) is -0.862. The van der Waals surface area contributed by atoms with Crippen LogP contribution in [0.2, 0.25) is 0 Å². The Kier molecular flexibility index (Phi) is 7.49. The molecule has 1 aliphatic rings. The maximum absolute atomic E-state index is 13.9. The van der Waals surface area contributed by atoms with Gasteiger partial charge in [0.1, 0.15) is 22.3 Å². The smallest absolute Gasteiger partial charge is 0.273 e. The number of carbonyl (C=O) groups excluding carboxylic acids is 1. The fraction of sp³-hybridized carbons (Fsp3) is 0.444. The number of amides is 1. The third-order valence-electron chi connectivity index (χ3n) is 4.60. The molecule has 0 unspecified atom stereocenters. The Hall–Kier alpha value is -1.57. The van der Waals surface area contributed by atoms with E-state index in [2.05, 4.69) is 10.3 Å². The average Bonchev–Trinajstić information content (AvgIpc) is 3.09. The van der Waals surface area contributed by atoms with Crippen LogP contribution in [0, 0.1) is 17.6 Å². The molecule has 0 bridgehead atoms. The van der Waals surface area contributed by atoms with Crippen LogP contribution in [0.25, 0.3) is 10.6 Å². The van der Waals surface area contributed by atoms with Crippen LogP contribution < -0.4 is 5.32 Å². The van der Waals surface area contributed by atoms with E-state index in [0.717, 1.165) is 37.1 Å². The number of aromatic nitrogens is 1. The van der Waals surface area contributed by atoms with Crippen molar-refractivity contribution in [2.75, 3.05) is 26.7 Å². The first-order valence-electron chi connectivity index (χ1n) is 8.44. The lowest BCUT2D eigenvalue weighted by atomic mass is 9.93. The summed E-state index contributed by atoms with van der Waals surface area (Å²) in [5.41, 5.74) is 0.0913. The molecule has 0 radical (unpaired) electrons. The maximum Gasteiger partial charge on any atom is 0.273 e. The lowest BCUT2D eigenvalue weighted by molar-refractivity contribution is 0.0682. The molecule has 142 valence electrons.